The summed E-state index contributed by atoms with van der Waals surface area (Å²) in [5, 5.41) is 0. The van der Waals surface area contributed by atoms with Crippen LogP contribution in [0.2, 0.25) is 0 Å². The standard InChI is InChI=1S/C12H19NO/c1-8-3-4-11(13)6-12(8)10-5-9(2)14-7-10/h5,7-8,11-12H,3-4,6,13H2,1-2H3. The first-order chi connectivity index (χ1) is 6.66. The summed E-state index contributed by atoms with van der Waals surface area (Å²) in [6.07, 6.45) is 5.43. The molecule has 0 bridgehead atoms. The van der Waals surface area contributed by atoms with Gasteiger partial charge in [-0.15, -0.1) is 0 Å². The van der Waals surface area contributed by atoms with Crippen LogP contribution in [-0.2, 0) is 0 Å². The van der Waals surface area contributed by atoms with E-state index in [1.165, 1.54) is 18.4 Å². The Bertz CT molecular complexity index is 305. The van der Waals surface area contributed by atoms with Gasteiger partial charge in [0, 0.05) is 6.04 Å². The number of hydrogen-bond donors (Lipinski definition) is 1. The molecule has 0 saturated heterocycles. The quantitative estimate of drug-likeness (QED) is 0.745. The molecule has 0 aliphatic heterocycles. The summed E-state index contributed by atoms with van der Waals surface area (Å²) < 4.78 is 5.36. The van der Waals surface area contributed by atoms with Crippen molar-refractivity contribution in [1.29, 1.82) is 0 Å². The summed E-state index contributed by atoms with van der Waals surface area (Å²) in [4.78, 5) is 0. The highest BCUT2D eigenvalue weighted by atomic mass is 16.3. The van der Waals surface area contributed by atoms with Crippen LogP contribution < -0.4 is 5.73 Å². The van der Waals surface area contributed by atoms with Crippen LogP contribution in [0, 0.1) is 12.8 Å². The van der Waals surface area contributed by atoms with E-state index in [1.807, 2.05) is 13.2 Å². The fourth-order valence-corrected chi connectivity index (χ4v) is 2.48. The van der Waals surface area contributed by atoms with E-state index in [1.54, 1.807) is 0 Å². The zero-order valence-electron chi connectivity index (χ0n) is 8.99. The fourth-order valence-electron chi connectivity index (χ4n) is 2.48. The van der Waals surface area contributed by atoms with Gasteiger partial charge in [-0.25, -0.2) is 0 Å². The highest BCUT2D eigenvalue weighted by Gasteiger charge is 2.27. The van der Waals surface area contributed by atoms with E-state index < -0.39 is 0 Å². The highest BCUT2D eigenvalue weighted by Crippen LogP contribution is 2.37. The maximum atomic E-state index is 6.00. The Kier molecular flexibility index (Phi) is 2.64. The molecule has 0 spiro atoms. The molecule has 1 aromatic heterocycles. The van der Waals surface area contributed by atoms with Crippen molar-refractivity contribution in [2.75, 3.05) is 0 Å². The molecular weight excluding hydrogens is 174 g/mol. The largest absolute Gasteiger partial charge is 0.469 e. The molecule has 1 saturated carbocycles. The lowest BCUT2D eigenvalue weighted by Crippen LogP contribution is -2.30. The van der Waals surface area contributed by atoms with Crippen molar-refractivity contribution in [3.63, 3.8) is 0 Å². The molecule has 2 N–H and O–H groups in total. The zero-order chi connectivity index (χ0) is 10.1. The third-order valence-corrected chi connectivity index (χ3v) is 3.42. The molecular formula is C12H19NO. The van der Waals surface area contributed by atoms with Crippen LogP contribution in [0.4, 0.5) is 0 Å². The first-order valence-electron chi connectivity index (χ1n) is 5.47. The van der Waals surface area contributed by atoms with Gasteiger partial charge in [0.25, 0.3) is 0 Å². The van der Waals surface area contributed by atoms with E-state index in [0.717, 1.165) is 18.1 Å². The van der Waals surface area contributed by atoms with Gasteiger partial charge in [-0.2, -0.15) is 0 Å². The van der Waals surface area contributed by atoms with Crippen molar-refractivity contribution in [3.8, 4) is 0 Å². The molecule has 3 atom stereocenters. The molecule has 14 heavy (non-hydrogen) atoms. The van der Waals surface area contributed by atoms with Crippen molar-refractivity contribution in [3.05, 3.63) is 23.7 Å². The summed E-state index contributed by atoms with van der Waals surface area (Å²) in [5.41, 5.74) is 7.34. The Morgan fingerprint density at radius 2 is 2.21 bits per heavy atom. The van der Waals surface area contributed by atoms with Gasteiger partial charge < -0.3 is 10.2 Å². The van der Waals surface area contributed by atoms with Gasteiger partial charge in [-0.05, 0) is 49.7 Å². The van der Waals surface area contributed by atoms with Gasteiger partial charge in [0.05, 0.1) is 6.26 Å². The molecule has 1 heterocycles. The van der Waals surface area contributed by atoms with Crippen LogP contribution in [0.5, 0.6) is 0 Å². The van der Waals surface area contributed by atoms with Gasteiger partial charge in [0.1, 0.15) is 5.76 Å². The number of hydrogen-bond acceptors (Lipinski definition) is 2. The second-order valence-corrected chi connectivity index (χ2v) is 4.65. The average Bonchev–Trinajstić information content (AvgIpc) is 2.56. The molecule has 0 radical (unpaired) electrons. The summed E-state index contributed by atoms with van der Waals surface area (Å²) in [7, 11) is 0. The molecule has 1 aliphatic carbocycles. The number of furan rings is 1. The first kappa shape index (κ1) is 9.78. The highest BCUT2D eigenvalue weighted by molar-refractivity contribution is 5.19. The average molecular weight is 193 g/mol. The van der Waals surface area contributed by atoms with Crippen LogP contribution in [0.25, 0.3) is 0 Å². The summed E-state index contributed by atoms with van der Waals surface area (Å²) in [5.74, 6) is 2.36. The minimum atomic E-state index is 0.381. The number of nitrogens with two attached hydrogens (primary N) is 1. The Hall–Kier alpha value is -0.760. The first-order valence-corrected chi connectivity index (χ1v) is 5.47. The van der Waals surface area contributed by atoms with Crippen LogP contribution >= 0.6 is 0 Å². The topological polar surface area (TPSA) is 39.2 Å². The fraction of sp³-hybridized carbons (Fsp3) is 0.667. The lowest BCUT2D eigenvalue weighted by Gasteiger charge is -2.31. The SMILES string of the molecule is Cc1cc(C2CC(N)CCC2C)co1. The van der Waals surface area contributed by atoms with E-state index in [0.29, 0.717) is 12.0 Å². The van der Waals surface area contributed by atoms with Crippen molar-refractivity contribution in [2.24, 2.45) is 11.7 Å². The van der Waals surface area contributed by atoms with E-state index >= 15 is 0 Å². The smallest absolute Gasteiger partial charge is 0.100 e. The molecule has 1 aliphatic rings. The molecule has 2 nitrogen and oxygen atoms in total. The lowest BCUT2D eigenvalue weighted by molar-refractivity contribution is 0.298. The third kappa shape index (κ3) is 1.85. The summed E-state index contributed by atoms with van der Waals surface area (Å²) in [6, 6.07) is 2.53. The summed E-state index contributed by atoms with van der Waals surface area (Å²) in [6.45, 7) is 4.32. The Balaban J connectivity index is 2.15. The van der Waals surface area contributed by atoms with E-state index in [2.05, 4.69) is 13.0 Å². The van der Waals surface area contributed by atoms with E-state index in [9.17, 15) is 0 Å². The van der Waals surface area contributed by atoms with E-state index in [4.69, 9.17) is 10.2 Å². The van der Waals surface area contributed by atoms with Crippen LogP contribution in [-0.4, -0.2) is 6.04 Å². The molecule has 2 heteroatoms. The van der Waals surface area contributed by atoms with Crippen LogP contribution in [0.15, 0.2) is 16.7 Å². The Morgan fingerprint density at radius 1 is 1.43 bits per heavy atom. The predicted molar refractivity (Wildman–Crippen MR) is 57.2 cm³/mol. The van der Waals surface area contributed by atoms with Gasteiger partial charge in [-0.1, -0.05) is 6.92 Å². The minimum Gasteiger partial charge on any atom is -0.469 e. The zero-order valence-corrected chi connectivity index (χ0v) is 8.99. The van der Waals surface area contributed by atoms with Gasteiger partial charge in [0.2, 0.25) is 0 Å². The van der Waals surface area contributed by atoms with Crippen molar-refractivity contribution in [1.82, 2.24) is 0 Å². The molecule has 1 aromatic rings. The van der Waals surface area contributed by atoms with Crippen LogP contribution in [0.3, 0.4) is 0 Å². The normalized spacial score (nSPS) is 33.2. The molecule has 1 fully saturated rings. The molecule has 0 aromatic carbocycles. The number of rotatable bonds is 1. The summed E-state index contributed by atoms with van der Waals surface area (Å²) >= 11 is 0. The molecule has 3 unspecified atom stereocenters. The predicted octanol–water partition coefficient (Wildman–Crippen LogP) is 2.82. The molecule has 0 amide bonds. The monoisotopic (exact) mass is 193 g/mol. The van der Waals surface area contributed by atoms with Gasteiger partial charge >= 0.3 is 0 Å². The second kappa shape index (κ2) is 3.77. The lowest BCUT2D eigenvalue weighted by atomic mass is 9.75. The van der Waals surface area contributed by atoms with Crippen molar-refractivity contribution >= 4 is 0 Å². The van der Waals surface area contributed by atoms with E-state index in [-0.39, 0.29) is 0 Å². The molecule has 78 valence electrons. The maximum Gasteiger partial charge on any atom is 0.100 e. The van der Waals surface area contributed by atoms with Crippen molar-refractivity contribution in [2.45, 2.75) is 45.1 Å². The maximum absolute atomic E-state index is 6.00. The molecule has 2 rings (SSSR count). The Labute approximate surface area is 85.5 Å². The minimum absolute atomic E-state index is 0.381. The van der Waals surface area contributed by atoms with Crippen molar-refractivity contribution < 1.29 is 4.42 Å². The van der Waals surface area contributed by atoms with Gasteiger partial charge in [-0.3, -0.25) is 0 Å². The third-order valence-electron chi connectivity index (χ3n) is 3.42. The number of aryl methyl sites for hydroxylation is 1. The van der Waals surface area contributed by atoms with Crippen LogP contribution in [0.1, 0.15) is 43.4 Å². The van der Waals surface area contributed by atoms with Gasteiger partial charge in [0.15, 0.2) is 0 Å². The second-order valence-electron chi connectivity index (χ2n) is 4.65. The Morgan fingerprint density at radius 3 is 2.86 bits per heavy atom.